The van der Waals surface area contributed by atoms with Crippen molar-refractivity contribution in [1.29, 1.82) is 0 Å². The predicted molar refractivity (Wildman–Crippen MR) is 140 cm³/mol. The molecule has 3 amide bonds. The van der Waals surface area contributed by atoms with E-state index in [4.69, 9.17) is 5.73 Å². The van der Waals surface area contributed by atoms with Crippen molar-refractivity contribution in [3.05, 3.63) is 35.4 Å². The lowest BCUT2D eigenvalue weighted by atomic mass is 9.90. The molecular weight excluding hydrogens is 488 g/mol. The SMILES string of the molecule is CSCC[C@H](NC(=O)C1c2ccccc2CCN1C(=O)[C@H](C(C)C)N(C)C(=O)[C@@H](N)CS)C(=O)O. The number of carboxylic acid groups (broad SMARTS) is 1. The minimum absolute atomic E-state index is 0.136. The summed E-state index contributed by atoms with van der Waals surface area (Å²) in [5.74, 6) is -2.02. The topological polar surface area (TPSA) is 133 Å². The number of hydrogen-bond acceptors (Lipinski definition) is 7. The number of hydrogen-bond donors (Lipinski definition) is 4. The van der Waals surface area contributed by atoms with Gasteiger partial charge in [-0.1, -0.05) is 38.1 Å². The van der Waals surface area contributed by atoms with Crippen LogP contribution >= 0.6 is 24.4 Å². The molecule has 1 aromatic carbocycles. The zero-order valence-corrected chi connectivity index (χ0v) is 22.4. The van der Waals surface area contributed by atoms with Gasteiger partial charge < -0.3 is 26.0 Å². The number of carbonyl (C=O) groups excluding carboxylic acids is 3. The summed E-state index contributed by atoms with van der Waals surface area (Å²) >= 11 is 5.59. The number of likely N-dealkylation sites (N-methyl/N-ethyl adjacent to an activating group) is 1. The summed E-state index contributed by atoms with van der Waals surface area (Å²) in [6.45, 7) is 3.92. The lowest BCUT2D eigenvalue weighted by molar-refractivity contribution is -0.152. The smallest absolute Gasteiger partial charge is 0.326 e. The Bertz CT molecular complexity index is 929. The summed E-state index contributed by atoms with van der Waals surface area (Å²) < 4.78 is 0. The molecule has 0 spiro atoms. The lowest BCUT2D eigenvalue weighted by Crippen LogP contribution is -2.59. The van der Waals surface area contributed by atoms with Crippen molar-refractivity contribution >= 4 is 48.1 Å². The third-order valence-corrected chi connectivity index (χ3v) is 7.24. The largest absolute Gasteiger partial charge is 0.480 e. The maximum Gasteiger partial charge on any atom is 0.326 e. The van der Waals surface area contributed by atoms with Gasteiger partial charge >= 0.3 is 5.97 Å². The Kier molecular flexibility index (Phi) is 10.9. The van der Waals surface area contributed by atoms with E-state index in [9.17, 15) is 24.3 Å². The Morgan fingerprint density at radius 2 is 1.94 bits per heavy atom. The molecule has 4 atom stereocenters. The van der Waals surface area contributed by atoms with Gasteiger partial charge in [0.15, 0.2) is 0 Å². The summed E-state index contributed by atoms with van der Waals surface area (Å²) in [4.78, 5) is 54.8. The number of nitrogens with two attached hydrogens (primary N) is 1. The summed E-state index contributed by atoms with van der Waals surface area (Å²) in [7, 11) is 1.53. The number of nitrogens with one attached hydrogen (secondary N) is 1. The van der Waals surface area contributed by atoms with Crippen LogP contribution in [0.15, 0.2) is 24.3 Å². The summed E-state index contributed by atoms with van der Waals surface area (Å²) in [5, 5.41) is 12.3. The second-order valence-corrected chi connectivity index (χ2v) is 10.3. The van der Waals surface area contributed by atoms with E-state index < -0.39 is 42.0 Å². The van der Waals surface area contributed by atoms with E-state index in [1.165, 1.54) is 28.6 Å². The molecule has 0 saturated carbocycles. The molecule has 0 aromatic heterocycles. The highest BCUT2D eigenvalue weighted by atomic mass is 32.2. The highest BCUT2D eigenvalue weighted by molar-refractivity contribution is 7.98. The monoisotopic (exact) mass is 524 g/mol. The van der Waals surface area contributed by atoms with Gasteiger partial charge in [-0.15, -0.1) is 0 Å². The van der Waals surface area contributed by atoms with E-state index in [-0.39, 0.29) is 30.5 Å². The van der Waals surface area contributed by atoms with Crippen LogP contribution in [-0.2, 0) is 25.6 Å². The number of amides is 3. The quantitative estimate of drug-likeness (QED) is 0.320. The Labute approximate surface area is 216 Å². The van der Waals surface area contributed by atoms with Crippen LogP contribution in [0.5, 0.6) is 0 Å². The third kappa shape index (κ3) is 6.92. The van der Waals surface area contributed by atoms with Crippen LogP contribution < -0.4 is 11.1 Å². The van der Waals surface area contributed by atoms with Crippen molar-refractivity contribution in [3.63, 3.8) is 0 Å². The first-order valence-corrected chi connectivity index (χ1v) is 13.6. The number of carboxylic acids is 1. The van der Waals surface area contributed by atoms with Crippen LogP contribution in [0.1, 0.15) is 37.4 Å². The molecule has 0 saturated heterocycles. The van der Waals surface area contributed by atoms with Gasteiger partial charge in [0.2, 0.25) is 17.7 Å². The molecule has 0 radical (unpaired) electrons. The van der Waals surface area contributed by atoms with E-state index in [1.54, 1.807) is 12.1 Å². The first-order chi connectivity index (χ1) is 16.5. The second-order valence-electron chi connectivity index (χ2n) is 8.99. The first kappa shape index (κ1) is 29.0. The minimum atomic E-state index is -1.12. The van der Waals surface area contributed by atoms with Gasteiger partial charge in [0.25, 0.3) is 0 Å². The maximum atomic E-state index is 13.9. The van der Waals surface area contributed by atoms with Crippen molar-refractivity contribution < 1.29 is 24.3 Å². The molecule has 1 heterocycles. The molecule has 1 unspecified atom stereocenters. The zero-order chi connectivity index (χ0) is 26.3. The summed E-state index contributed by atoms with van der Waals surface area (Å²) in [5.41, 5.74) is 7.46. The fraction of sp³-hybridized carbons (Fsp3) is 0.583. The molecule has 4 N–H and O–H groups in total. The van der Waals surface area contributed by atoms with Crippen molar-refractivity contribution in [1.82, 2.24) is 15.1 Å². The molecule has 0 bridgehead atoms. The molecule has 2 rings (SSSR count). The fourth-order valence-electron chi connectivity index (χ4n) is 4.38. The first-order valence-electron chi connectivity index (χ1n) is 11.6. The molecule has 35 heavy (non-hydrogen) atoms. The van der Waals surface area contributed by atoms with E-state index >= 15 is 0 Å². The minimum Gasteiger partial charge on any atom is -0.480 e. The van der Waals surface area contributed by atoms with Crippen LogP contribution in [0.2, 0.25) is 0 Å². The molecule has 9 nitrogen and oxygen atoms in total. The average molecular weight is 525 g/mol. The van der Waals surface area contributed by atoms with E-state index in [0.717, 1.165) is 5.56 Å². The Balaban J connectivity index is 2.44. The number of nitrogens with zero attached hydrogens (tertiary/aromatic N) is 2. The van der Waals surface area contributed by atoms with E-state index in [1.807, 2.05) is 32.2 Å². The molecule has 11 heteroatoms. The van der Waals surface area contributed by atoms with E-state index in [2.05, 4.69) is 17.9 Å². The van der Waals surface area contributed by atoms with Gasteiger partial charge in [0.05, 0.1) is 6.04 Å². The van der Waals surface area contributed by atoms with Gasteiger partial charge in [-0.05, 0) is 41.9 Å². The van der Waals surface area contributed by atoms with Crippen LogP contribution in [0, 0.1) is 5.92 Å². The van der Waals surface area contributed by atoms with Crippen LogP contribution in [0.3, 0.4) is 0 Å². The highest BCUT2D eigenvalue weighted by Crippen LogP contribution is 2.32. The van der Waals surface area contributed by atoms with Crippen molar-refractivity contribution in [2.45, 2.75) is 50.9 Å². The molecule has 0 fully saturated rings. The van der Waals surface area contributed by atoms with Crippen LogP contribution in [0.25, 0.3) is 0 Å². The van der Waals surface area contributed by atoms with Crippen molar-refractivity contribution in [3.8, 4) is 0 Å². The maximum absolute atomic E-state index is 13.9. The highest BCUT2D eigenvalue weighted by Gasteiger charge is 2.42. The molecule has 1 aromatic rings. The summed E-state index contributed by atoms with van der Waals surface area (Å²) in [6, 6.07) is 3.56. The third-order valence-electron chi connectivity index (χ3n) is 6.20. The fourth-order valence-corrected chi connectivity index (χ4v) is 5.00. The number of thioether (sulfide) groups is 1. The van der Waals surface area contributed by atoms with Crippen LogP contribution in [-0.4, -0.2) is 88.1 Å². The number of aliphatic carboxylic acids is 1. The molecule has 1 aliphatic rings. The van der Waals surface area contributed by atoms with Gasteiger partial charge in [0.1, 0.15) is 18.1 Å². The lowest BCUT2D eigenvalue weighted by Gasteiger charge is -2.41. The second kappa shape index (κ2) is 13.2. The van der Waals surface area contributed by atoms with Gasteiger partial charge in [-0.25, -0.2) is 4.79 Å². The standard InChI is InChI=1S/C24H36N4O5S2/c1-14(2)19(27(3)22(30)17(25)13-34)23(31)28-11-9-15-7-5-6-8-16(15)20(28)21(29)26-18(24(32)33)10-12-35-4/h5-8,14,17-20,34H,9-13,25H2,1-4H3,(H,26,29)(H,32,33)/t17-,18-,19-,20?/m0/s1. The van der Waals surface area contributed by atoms with E-state index in [0.29, 0.717) is 17.7 Å². The molecule has 0 aliphatic carbocycles. The number of rotatable bonds is 11. The number of thiol groups is 1. The number of carbonyl (C=O) groups is 4. The van der Waals surface area contributed by atoms with Gasteiger partial charge in [-0.2, -0.15) is 24.4 Å². The van der Waals surface area contributed by atoms with Crippen molar-refractivity contribution in [2.75, 3.05) is 31.4 Å². The average Bonchev–Trinajstić information content (AvgIpc) is 2.84. The number of fused-ring (bicyclic) bond motifs is 1. The van der Waals surface area contributed by atoms with Crippen molar-refractivity contribution in [2.24, 2.45) is 11.7 Å². The Morgan fingerprint density at radius 3 is 2.51 bits per heavy atom. The Hall–Kier alpha value is -2.24. The molecule has 1 aliphatic heterocycles. The van der Waals surface area contributed by atoms with Crippen LogP contribution in [0.4, 0.5) is 0 Å². The molecular formula is C24H36N4O5S2. The number of benzene rings is 1. The predicted octanol–water partition coefficient (Wildman–Crippen LogP) is 1.18. The van der Waals surface area contributed by atoms with Gasteiger partial charge in [-0.3, -0.25) is 14.4 Å². The molecule has 194 valence electrons. The normalized spacial score (nSPS) is 17.8. The zero-order valence-electron chi connectivity index (χ0n) is 20.6. The summed E-state index contributed by atoms with van der Waals surface area (Å²) in [6.07, 6.45) is 2.67. The van der Waals surface area contributed by atoms with Gasteiger partial charge in [0, 0.05) is 19.3 Å². The Morgan fingerprint density at radius 1 is 1.29 bits per heavy atom.